The lowest BCUT2D eigenvalue weighted by atomic mass is 10.1. The van der Waals surface area contributed by atoms with E-state index in [2.05, 4.69) is 15.6 Å². The summed E-state index contributed by atoms with van der Waals surface area (Å²) in [5, 5.41) is 6.10. The Balaban J connectivity index is 3.09. The highest BCUT2D eigenvalue weighted by Crippen LogP contribution is 2.14. The molecule has 0 aromatic heterocycles. The first-order valence-corrected chi connectivity index (χ1v) is 5.32. The summed E-state index contributed by atoms with van der Waals surface area (Å²) in [4.78, 5) is 4.36. The van der Waals surface area contributed by atoms with Crippen LogP contribution in [0.3, 0.4) is 0 Å². The van der Waals surface area contributed by atoms with E-state index >= 15 is 0 Å². The minimum Gasteiger partial charge on any atom is -0.388 e. The number of hydrogen-bond acceptors (Lipinski definition) is 3. The molecule has 1 aromatic rings. The number of amidine groups is 1. The van der Waals surface area contributed by atoms with Crippen LogP contribution < -0.4 is 10.6 Å². The largest absolute Gasteiger partial charge is 0.388 e. The van der Waals surface area contributed by atoms with Crippen molar-refractivity contribution < 1.29 is 0 Å². The van der Waals surface area contributed by atoms with Gasteiger partial charge in [0.15, 0.2) is 0 Å². The maximum Gasteiger partial charge on any atom is 0.135 e. The van der Waals surface area contributed by atoms with Gasteiger partial charge >= 0.3 is 0 Å². The molecule has 0 amide bonds. The van der Waals surface area contributed by atoms with Crippen molar-refractivity contribution in [3.8, 4) is 0 Å². The van der Waals surface area contributed by atoms with Crippen molar-refractivity contribution in [1.29, 1.82) is 0 Å². The average molecular weight is 221 g/mol. The van der Waals surface area contributed by atoms with E-state index in [1.165, 1.54) is 5.49 Å². The molecule has 0 fully saturated rings. The van der Waals surface area contributed by atoms with Crippen LogP contribution >= 0.6 is 12.2 Å². The summed E-state index contributed by atoms with van der Waals surface area (Å²) in [6.07, 6.45) is 0. The van der Waals surface area contributed by atoms with Crippen LogP contribution in [0.25, 0.3) is 0 Å². The van der Waals surface area contributed by atoms with Crippen LogP contribution in [0.5, 0.6) is 0 Å². The Kier molecular flexibility index (Phi) is 4.77. The lowest BCUT2D eigenvalue weighted by Crippen LogP contribution is -2.23. The van der Waals surface area contributed by atoms with Gasteiger partial charge in [0.1, 0.15) is 5.84 Å². The molecule has 3 nitrogen and oxygen atoms in total. The maximum atomic E-state index is 4.78. The fourth-order valence-electron chi connectivity index (χ4n) is 1.33. The number of para-hydroxylation sites is 1. The molecule has 0 radical (unpaired) electrons. The molecule has 0 atom stereocenters. The number of aliphatic imine (C=N–C) groups is 1. The van der Waals surface area contributed by atoms with Crippen LogP contribution in [0.4, 0.5) is 5.69 Å². The minimum absolute atomic E-state index is 0.726. The first kappa shape index (κ1) is 11.7. The Bertz CT molecular complexity index is 361. The van der Waals surface area contributed by atoms with Crippen molar-refractivity contribution in [3.63, 3.8) is 0 Å². The zero-order valence-electron chi connectivity index (χ0n) is 8.95. The van der Waals surface area contributed by atoms with E-state index < -0.39 is 0 Å². The van der Waals surface area contributed by atoms with E-state index in [-0.39, 0.29) is 0 Å². The standard InChI is InChI=1S/C11H15N3S/c1-3-13-11(14-8-15)9-6-4-5-7-10(9)12-2/h4-8,12H,3H2,1-2H3,(H,13,14,15). The van der Waals surface area contributed by atoms with Crippen molar-refractivity contribution in [2.24, 2.45) is 4.99 Å². The second-order valence-corrected chi connectivity index (χ2v) is 3.12. The summed E-state index contributed by atoms with van der Waals surface area (Å²) in [6.45, 7) is 2.72. The monoisotopic (exact) mass is 221 g/mol. The second kappa shape index (κ2) is 6.14. The first-order valence-electron chi connectivity index (χ1n) is 4.85. The molecule has 0 aliphatic carbocycles. The van der Waals surface area contributed by atoms with Crippen molar-refractivity contribution in [2.75, 3.05) is 18.9 Å². The number of nitrogens with zero attached hydrogens (tertiary/aromatic N) is 1. The van der Waals surface area contributed by atoms with Crippen LogP contribution in [-0.4, -0.2) is 24.9 Å². The van der Waals surface area contributed by atoms with Crippen LogP contribution in [0.15, 0.2) is 29.3 Å². The first-order chi connectivity index (χ1) is 7.33. The fourth-order valence-corrected chi connectivity index (χ4v) is 1.44. The maximum absolute atomic E-state index is 4.78. The molecule has 0 unspecified atom stereocenters. The summed E-state index contributed by atoms with van der Waals surface area (Å²) in [5.74, 6) is 0.803. The molecule has 4 heteroatoms. The summed E-state index contributed by atoms with van der Waals surface area (Å²) >= 11 is 4.78. The van der Waals surface area contributed by atoms with Gasteiger partial charge in [0.2, 0.25) is 0 Å². The zero-order valence-corrected chi connectivity index (χ0v) is 9.77. The van der Waals surface area contributed by atoms with Gasteiger partial charge in [-0.05, 0) is 19.1 Å². The molecule has 0 spiro atoms. The van der Waals surface area contributed by atoms with Crippen molar-refractivity contribution in [3.05, 3.63) is 29.8 Å². The Morgan fingerprint density at radius 3 is 2.80 bits per heavy atom. The van der Waals surface area contributed by atoms with Crippen LogP contribution in [0.2, 0.25) is 0 Å². The number of thiocarbonyl (C=S) groups is 1. The lowest BCUT2D eigenvalue weighted by Gasteiger charge is -2.10. The molecule has 1 rings (SSSR count). The lowest BCUT2D eigenvalue weighted by molar-refractivity contribution is 1.11. The predicted molar refractivity (Wildman–Crippen MR) is 69.9 cm³/mol. The average Bonchev–Trinajstić information content (AvgIpc) is 2.29. The molecule has 0 saturated carbocycles. The number of anilines is 1. The normalized spacial score (nSPS) is 10.9. The van der Waals surface area contributed by atoms with Gasteiger partial charge in [0, 0.05) is 24.8 Å². The summed E-state index contributed by atoms with van der Waals surface area (Å²) in [5.41, 5.74) is 3.54. The molecule has 0 heterocycles. The molecule has 80 valence electrons. The summed E-state index contributed by atoms with van der Waals surface area (Å²) in [7, 11) is 1.89. The van der Waals surface area contributed by atoms with Gasteiger partial charge < -0.3 is 10.6 Å². The van der Waals surface area contributed by atoms with Crippen molar-refractivity contribution >= 4 is 29.2 Å². The Labute approximate surface area is 95.6 Å². The van der Waals surface area contributed by atoms with E-state index in [1.807, 2.05) is 38.2 Å². The van der Waals surface area contributed by atoms with Crippen LogP contribution in [0.1, 0.15) is 12.5 Å². The second-order valence-electron chi connectivity index (χ2n) is 2.88. The topological polar surface area (TPSA) is 36.4 Å². The smallest absolute Gasteiger partial charge is 0.135 e. The number of benzene rings is 1. The molecule has 2 N–H and O–H groups in total. The van der Waals surface area contributed by atoms with Gasteiger partial charge in [0.25, 0.3) is 0 Å². The number of hydrogen-bond donors (Lipinski definition) is 2. The Morgan fingerprint density at radius 1 is 1.47 bits per heavy atom. The fraction of sp³-hybridized carbons (Fsp3) is 0.273. The summed E-state index contributed by atoms with van der Waals surface area (Å²) < 4.78 is 0. The molecule has 0 bridgehead atoms. The van der Waals surface area contributed by atoms with Gasteiger partial charge in [-0.1, -0.05) is 24.4 Å². The molecule has 15 heavy (non-hydrogen) atoms. The molecular weight excluding hydrogens is 206 g/mol. The third-order valence-electron chi connectivity index (χ3n) is 1.96. The quantitative estimate of drug-likeness (QED) is 0.464. The van der Waals surface area contributed by atoms with Gasteiger partial charge in [0.05, 0.1) is 5.49 Å². The highest BCUT2D eigenvalue weighted by molar-refractivity contribution is 7.78. The Hall–Kier alpha value is -1.42. The highest BCUT2D eigenvalue weighted by Gasteiger charge is 2.05. The van der Waals surface area contributed by atoms with E-state index in [1.54, 1.807) is 0 Å². The van der Waals surface area contributed by atoms with Crippen LogP contribution in [-0.2, 0) is 0 Å². The molecule has 0 saturated heterocycles. The minimum atomic E-state index is 0.726. The molecule has 1 aromatic carbocycles. The third-order valence-corrected chi connectivity index (χ3v) is 2.08. The van der Waals surface area contributed by atoms with Gasteiger partial charge in [-0.15, -0.1) is 0 Å². The zero-order chi connectivity index (χ0) is 11.1. The van der Waals surface area contributed by atoms with Crippen molar-refractivity contribution in [2.45, 2.75) is 6.92 Å². The molecular formula is C11H15N3S. The van der Waals surface area contributed by atoms with E-state index in [9.17, 15) is 0 Å². The van der Waals surface area contributed by atoms with Gasteiger partial charge in [-0.25, -0.2) is 0 Å². The molecule has 0 aliphatic heterocycles. The van der Waals surface area contributed by atoms with E-state index in [0.29, 0.717) is 0 Å². The number of nitrogens with one attached hydrogen (secondary N) is 2. The van der Waals surface area contributed by atoms with Crippen LogP contribution in [0, 0.1) is 0 Å². The van der Waals surface area contributed by atoms with Gasteiger partial charge in [-0.2, -0.15) is 0 Å². The predicted octanol–water partition coefficient (Wildman–Crippen LogP) is 2.04. The highest BCUT2D eigenvalue weighted by atomic mass is 32.1. The third kappa shape index (κ3) is 3.02. The SMILES string of the molecule is CCN=C(NC=S)c1ccccc1NC. The number of rotatable bonds is 4. The van der Waals surface area contributed by atoms with Crippen molar-refractivity contribution in [1.82, 2.24) is 5.32 Å². The Morgan fingerprint density at radius 2 is 2.20 bits per heavy atom. The van der Waals surface area contributed by atoms with Gasteiger partial charge in [-0.3, -0.25) is 4.99 Å². The molecule has 0 aliphatic rings. The summed E-state index contributed by atoms with van der Waals surface area (Å²) in [6, 6.07) is 7.97. The van der Waals surface area contributed by atoms with E-state index in [0.717, 1.165) is 23.6 Å². The van der Waals surface area contributed by atoms with E-state index in [4.69, 9.17) is 12.2 Å².